The number of carbonyl (C=O) groups is 1. The molecule has 0 saturated heterocycles. The molecule has 3 heterocycles. The molecule has 2 aliphatic rings. The summed E-state index contributed by atoms with van der Waals surface area (Å²) < 4.78 is 51.4. The Morgan fingerprint density at radius 1 is 1.21 bits per heavy atom. The molecule has 33 heavy (non-hydrogen) atoms. The molecule has 3 aromatic rings. The highest BCUT2D eigenvalue weighted by Crippen LogP contribution is 2.47. The maximum Gasteiger partial charge on any atom is 0.416 e. The summed E-state index contributed by atoms with van der Waals surface area (Å²) in [7, 11) is 1.27. The first-order chi connectivity index (χ1) is 15.6. The molecule has 0 N–H and O–H groups in total. The monoisotopic (exact) mass is 474 g/mol. The lowest BCUT2D eigenvalue weighted by Crippen LogP contribution is -2.58. The topological polar surface area (TPSA) is 69.9 Å². The molecule has 0 amide bonds. The summed E-state index contributed by atoms with van der Waals surface area (Å²) in [5, 5.41) is 0. The normalized spacial score (nSPS) is 23.7. The predicted molar refractivity (Wildman–Crippen MR) is 113 cm³/mol. The summed E-state index contributed by atoms with van der Waals surface area (Å²) in [5.41, 5.74) is -1.35. The van der Waals surface area contributed by atoms with E-state index in [1.54, 1.807) is 31.2 Å². The molecule has 0 spiro atoms. The average molecular weight is 474 g/mol. The van der Waals surface area contributed by atoms with Crippen molar-refractivity contribution in [1.82, 2.24) is 4.57 Å². The Morgan fingerprint density at radius 3 is 2.58 bits per heavy atom. The number of methoxy groups -OCH3 is 1. The van der Waals surface area contributed by atoms with Gasteiger partial charge in [0.2, 0.25) is 5.72 Å². The fourth-order valence-electron chi connectivity index (χ4n) is 4.35. The lowest BCUT2D eigenvalue weighted by Gasteiger charge is -2.44. The van der Waals surface area contributed by atoms with Crippen LogP contribution in [0.2, 0.25) is 0 Å². The number of thiazole rings is 1. The molecule has 170 valence electrons. The molecule has 0 saturated carbocycles. The molecular weight excluding hydrogens is 457 g/mol. The molecule has 5 rings (SSSR count). The number of halogens is 3. The standard InChI is InChI=1S/C23H17F3N2O4S/c1-22-17(20(30)31-2)18(14-5-3-4-6-15(14)32-22)28-19(29)16(33-21(28)27-22)11-12-7-9-13(10-8-12)23(24,25)26/h3-11,17-18H,1-2H3/b16-11+/t17-,18+,22+/m1/s1. The van der Waals surface area contributed by atoms with E-state index in [0.717, 1.165) is 23.5 Å². The fraction of sp³-hybridized carbons (Fsp3) is 0.261. The van der Waals surface area contributed by atoms with E-state index < -0.39 is 41.0 Å². The molecule has 1 aromatic heterocycles. The molecule has 3 atom stereocenters. The second-order valence-corrected chi connectivity index (χ2v) is 8.95. The Balaban J connectivity index is 1.71. The van der Waals surface area contributed by atoms with Gasteiger partial charge in [0.05, 0.1) is 23.2 Å². The van der Waals surface area contributed by atoms with Gasteiger partial charge in [0, 0.05) is 5.56 Å². The van der Waals surface area contributed by atoms with E-state index in [-0.39, 0.29) is 4.53 Å². The van der Waals surface area contributed by atoms with Crippen LogP contribution in [0.1, 0.15) is 29.7 Å². The van der Waals surface area contributed by atoms with Gasteiger partial charge in [0.25, 0.3) is 5.56 Å². The fourth-order valence-corrected chi connectivity index (χ4v) is 5.45. The minimum Gasteiger partial charge on any atom is -0.469 e. The van der Waals surface area contributed by atoms with E-state index in [0.29, 0.717) is 21.7 Å². The molecule has 0 unspecified atom stereocenters. The number of para-hydroxylation sites is 1. The molecular formula is C23H17F3N2O4S. The molecule has 2 aliphatic heterocycles. The first kappa shape index (κ1) is 21.4. The highest BCUT2D eigenvalue weighted by Gasteiger charge is 2.55. The number of esters is 1. The lowest BCUT2D eigenvalue weighted by molar-refractivity contribution is -0.158. The van der Waals surface area contributed by atoms with Crippen LogP contribution in [0, 0.1) is 5.92 Å². The maximum absolute atomic E-state index is 13.4. The second kappa shape index (κ2) is 7.31. The third kappa shape index (κ3) is 3.36. The van der Waals surface area contributed by atoms with Crippen LogP contribution in [0.15, 0.2) is 58.3 Å². The van der Waals surface area contributed by atoms with E-state index in [2.05, 4.69) is 4.99 Å². The highest BCUT2D eigenvalue weighted by atomic mass is 32.1. The number of aromatic nitrogens is 1. The van der Waals surface area contributed by atoms with Crippen molar-refractivity contribution in [3.05, 3.63) is 84.9 Å². The van der Waals surface area contributed by atoms with Crippen LogP contribution >= 0.6 is 11.3 Å². The summed E-state index contributed by atoms with van der Waals surface area (Å²) in [5.74, 6) is -0.931. The first-order valence-electron chi connectivity index (χ1n) is 9.98. The quantitative estimate of drug-likeness (QED) is 0.536. The Morgan fingerprint density at radius 2 is 1.91 bits per heavy atom. The Kier molecular flexibility index (Phi) is 4.75. The molecule has 10 heteroatoms. The maximum atomic E-state index is 13.4. The number of ether oxygens (including phenoxy) is 2. The largest absolute Gasteiger partial charge is 0.469 e. The summed E-state index contributed by atoms with van der Waals surface area (Å²) in [6, 6.07) is 11.0. The number of nitrogens with zero attached hydrogens (tertiary/aromatic N) is 2. The van der Waals surface area contributed by atoms with Crippen LogP contribution in [0.25, 0.3) is 6.08 Å². The van der Waals surface area contributed by atoms with Crippen molar-refractivity contribution in [1.29, 1.82) is 0 Å². The number of hydrogen-bond donors (Lipinski definition) is 0. The highest BCUT2D eigenvalue weighted by molar-refractivity contribution is 7.07. The van der Waals surface area contributed by atoms with Gasteiger partial charge >= 0.3 is 12.1 Å². The van der Waals surface area contributed by atoms with Gasteiger partial charge in [-0.1, -0.05) is 41.7 Å². The van der Waals surface area contributed by atoms with Crippen LogP contribution in [-0.4, -0.2) is 23.4 Å². The van der Waals surface area contributed by atoms with E-state index in [4.69, 9.17) is 9.47 Å². The van der Waals surface area contributed by atoms with Crippen LogP contribution in [0.3, 0.4) is 0 Å². The van der Waals surface area contributed by atoms with Gasteiger partial charge in [-0.2, -0.15) is 13.2 Å². The number of fused-ring (bicyclic) bond motifs is 6. The van der Waals surface area contributed by atoms with Crippen LogP contribution < -0.4 is 19.6 Å². The van der Waals surface area contributed by atoms with Crippen LogP contribution in [-0.2, 0) is 15.7 Å². The van der Waals surface area contributed by atoms with Gasteiger partial charge in [0.15, 0.2) is 4.80 Å². The Labute approximate surface area is 189 Å². The molecule has 0 radical (unpaired) electrons. The second-order valence-electron chi connectivity index (χ2n) is 7.94. The zero-order chi connectivity index (χ0) is 23.5. The smallest absolute Gasteiger partial charge is 0.416 e. The SMILES string of the molecule is COC(=O)[C@H]1[C@@H]2c3ccccc3O[C@]1(C)N=c1s/c(=C/c3ccc(C(F)(F)F)cc3)c(=O)n12. The van der Waals surface area contributed by atoms with Crippen molar-refractivity contribution in [2.24, 2.45) is 10.9 Å². The van der Waals surface area contributed by atoms with Crippen molar-refractivity contribution >= 4 is 23.4 Å². The summed E-state index contributed by atoms with van der Waals surface area (Å²) in [6.07, 6.45) is -2.93. The summed E-state index contributed by atoms with van der Waals surface area (Å²) >= 11 is 1.09. The number of hydrogen-bond acceptors (Lipinski definition) is 6. The number of benzene rings is 2. The van der Waals surface area contributed by atoms with Crippen molar-refractivity contribution in [2.75, 3.05) is 7.11 Å². The van der Waals surface area contributed by atoms with Gasteiger partial charge in [-0.25, -0.2) is 4.99 Å². The molecule has 6 nitrogen and oxygen atoms in total. The van der Waals surface area contributed by atoms with Crippen molar-refractivity contribution in [2.45, 2.75) is 24.9 Å². The zero-order valence-corrected chi connectivity index (χ0v) is 18.2. The minimum absolute atomic E-state index is 0.283. The van der Waals surface area contributed by atoms with E-state index in [1.165, 1.54) is 29.9 Å². The van der Waals surface area contributed by atoms with Gasteiger partial charge in [-0.15, -0.1) is 0 Å². The minimum atomic E-state index is -4.44. The lowest BCUT2D eigenvalue weighted by atomic mass is 9.81. The van der Waals surface area contributed by atoms with E-state index >= 15 is 0 Å². The molecule has 0 aliphatic carbocycles. The molecule has 2 aromatic carbocycles. The Bertz CT molecular complexity index is 1440. The number of rotatable bonds is 2. The number of carbonyl (C=O) groups excluding carboxylic acids is 1. The van der Waals surface area contributed by atoms with Gasteiger partial charge in [0.1, 0.15) is 11.7 Å². The van der Waals surface area contributed by atoms with E-state index in [1.807, 2.05) is 0 Å². The van der Waals surface area contributed by atoms with Gasteiger partial charge in [-0.3, -0.25) is 14.2 Å². The van der Waals surface area contributed by atoms with Crippen LogP contribution in [0.5, 0.6) is 5.75 Å². The summed E-state index contributed by atoms with van der Waals surface area (Å²) in [6.45, 7) is 1.67. The Hall–Kier alpha value is -3.40. The third-order valence-corrected chi connectivity index (χ3v) is 6.85. The van der Waals surface area contributed by atoms with E-state index in [9.17, 15) is 22.8 Å². The number of alkyl halides is 3. The molecule has 0 fully saturated rings. The third-order valence-electron chi connectivity index (χ3n) is 5.87. The van der Waals surface area contributed by atoms with Crippen molar-refractivity contribution in [3.8, 4) is 5.75 Å². The van der Waals surface area contributed by atoms with Crippen molar-refractivity contribution in [3.63, 3.8) is 0 Å². The molecule has 2 bridgehead atoms. The zero-order valence-electron chi connectivity index (χ0n) is 17.4. The first-order valence-corrected chi connectivity index (χ1v) is 10.8. The van der Waals surface area contributed by atoms with Crippen LogP contribution in [0.4, 0.5) is 13.2 Å². The summed E-state index contributed by atoms with van der Waals surface area (Å²) in [4.78, 5) is 31.1. The van der Waals surface area contributed by atoms with Gasteiger partial charge < -0.3 is 9.47 Å². The predicted octanol–water partition coefficient (Wildman–Crippen LogP) is 2.88. The average Bonchev–Trinajstić information content (AvgIpc) is 3.06. The van der Waals surface area contributed by atoms with Crippen molar-refractivity contribution < 1.29 is 27.4 Å². The van der Waals surface area contributed by atoms with Gasteiger partial charge in [-0.05, 0) is 36.8 Å².